The Balaban J connectivity index is 2.60. The molecule has 0 spiro atoms. The summed E-state index contributed by atoms with van der Waals surface area (Å²) in [6.07, 6.45) is 0.736. The second-order valence-corrected chi connectivity index (χ2v) is 9.75. The molecule has 1 aromatic rings. The Morgan fingerprint density at radius 2 is 1.55 bits per heavy atom. The second kappa shape index (κ2) is 7.08. The second-order valence-electron chi connectivity index (χ2n) is 6.25. The lowest BCUT2D eigenvalue weighted by Crippen LogP contribution is -2.25. The largest absolute Gasteiger partial charge is 0.240 e. The number of sulfonamides is 2. The fraction of sp³-hybridized carbons (Fsp3) is 0.571. The first-order chi connectivity index (χ1) is 9.92. The molecule has 1 aromatic carbocycles. The van der Waals surface area contributed by atoms with Crippen LogP contribution in [-0.4, -0.2) is 29.1 Å². The molecule has 0 unspecified atom stereocenters. The van der Waals surface area contributed by atoms with Crippen molar-refractivity contribution >= 4 is 20.0 Å². The molecule has 0 aliphatic rings. The molecule has 0 atom stereocenters. The average Bonchev–Trinajstić information content (AvgIpc) is 2.36. The quantitative estimate of drug-likeness (QED) is 0.725. The molecule has 0 saturated carbocycles. The van der Waals surface area contributed by atoms with Crippen LogP contribution in [0.25, 0.3) is 0 Å². The summed E-state index contributed by atoms with van der Waals surface area (Å²) in [7, 11) is -7.06. The Bertz CT molecular complexity index is 687. The van der Waals surface area contributed by atoms with Gasteiger partial charge >= 0.3 is 0 Å². The van der Waals surface area contributed by atoms with E-state index < -0.39 is 20.0 Å². The fourth-order valence-electron chi connectivity index (χ4n) is 1.85. The highest BCUT2D eigenvalue weighted by Gasteiger charge is 2.17. The van der Waals surface area contributed by atoms with Gasteiger partial charge in [0.2, 0.25) is 20.0 Å². The van der Waals surface area contributed by atoms with Gasteiger partial charge in [0.1, 0.15) is 0 Å². The van der Waals surface area contributed by atoms with Crippen molar-refractivity contribution in [2.75, 3.05) is 12.3 Å². The summed E-state index contributed by atoms with van der Waals surface area (Å²) >= 11 is 0. The predicted octanol–water partition coefficient (Wildman–Crippen LogP) is 1.33. The molecule has 0 amide bonds. The normalized spacial score (nSPS) is 13.3. The van der Waals surface area contributed by atoms with Gasteiger partial charge < -0.3 is 0 Å². The molecule has 0 radical (unpaired) electrons. The van der Waals surface area contributed by atoms with Crippen molar-refractivity contribution in [2.45, 2.75) is 43.9 Å². The van der Waals surface area contributed by atoms with Crippen molar-refractivity contribution in [2.24, 2.45) is 5.14 Å². The van der Waals surface area contributed by atoms with Gasteiger partial charge in [-0.1, -0.05) is 32.9 Å². The number of nitrogens with one attached hydrogen (secondary N) is 1. The van der Waals surface area contributed by atoms with Crippen LogP contribution >= 0.6 is 0 Å². The maximum Gasteiger partial charge on any atom is 0.240 e. The van der Waals surface area contributed by atoms with Gasteiger partial charge in [-0.15, -0.1) is 0 Å². The van der Waals surface area contributed by atoms with Crippen LogP contribution in [0.1, 0.15) is 39.2 Å². The first kappa shape index (κ1) is 19.1. The summed E-state index contributed by atoms with van der Waals surface area (Å²) in [6.45, 7) is 6.35. The number of nitrogens with two attached hydrogens (primary N) is 1. The summed E-state index contributed by atoms with van der Waals surface area (Å²) in [5.41, 5.74) is 1.02. The molecular weight excluding hydrogens is 324 g/mol. The molecular formula is C14H24N2O4S2. The van der Waals surface area contributed by atoms with Crippen LogP contribution in [0.2, 0.25) is 0 Å². The zero-order valence-electron chi connectivity index (χ0n) is 13.2. The van der Waals surface area contributed by atoms with Crippen LogP contribution in [-0.2, 0) is 25.5 Å². The van der Waals surface area contributed by atoms with Gasteiger partial charge in [0, 0.05) is 6.54 Å². The number of hydrogen-bond donors (Lipinski definition) is 2. The third-order valence-corrected chi connectivity index (χ3v) is 5.51. The number of rotatable bonds is 7. The summed E-state index contributed by atoms with van der Waals surface area (Å²) in [5.74, 6) is -0.144. The van der Waals surface area contributed by atoms with E-state index in [1.807, 2.05) is 0 Å². The first-order valence-electron chi connectivity index (χ1n) is 7.02. The van der Waals surface area contributed by atoms with Crippen LogP contribution in [0.5, 0.6) is 0 Å². The van der Waals surface area contributed by atoms with Gasteiger partial charge in [0.25, 0.3) is 0 Å². The minimum atomic E-state index is -3.57. The minimum absolute atomic E-state index is 0.0383. The lowest BCUT2D eigenvalue weighted by molar-refractivity contribution is 0.574. The molecule has 0 aliphatic carbocycles. The SMILES string of the molecule is CC(C)(C)c1ccc(S(=O)(=O)NCCCCS(N)(=O)=O)cc1. The molecule has 0 aliphatic heterocycles. The van der Waals surface area contributed by atoms with E-state index in [1.54, 1.807) is 24.3 Å². The van der Waals surface area contributed by atoms with E-state index in [0.29, 0.717) is 12.8 Å². The predicted molar refractivity (Wildman–Crippen MR) is 87.5 cm³/mol. The molecule has 8 heteroatoms. The Kier molecular flexibility index (Phi) is 6.14. The molecule has 0 aromatic heterocycles. The summed E-state index contributed by atoms with van der Waals surface area (Å²) in [6, 6.07) is 6.76. The smallest absolute Gasteiger partial charge is 0.229 e. The molecule has 0 fully saturated rings. The fourth-order valence-corrected chi connectivity index (χ4v) is 3.53. The zero-order valence-corrected chi connectivity index (χ0v) is 14.8. The Labute approximate surface area is 133 Å². The molecule has 0 bridgehead atoms. The van der Waals surface area contributed by atoms with Crippen LogP contribution in [0.3, 0.4) is 0 Å². The number of benzene rings is 1. The number of primary sulfonamides is 1. The van der Waals surface area contributed by atoms with Crippen LogP contribution in [0.4, 0.5) is 0 Å². The molecule has 1 rings (SSSR count). The van der Waals surface area contributed by atoms with Gasteiger partial charge in [0.15, 0.2) is 0 Å². The maximum absolute atomic E-state index is 12.1. The monoisotopic (exact) mass is 348 g/mol. The van der Waals surface area contributed by atoms with Crippen molar-refractivity contribution in [3.05, 3.63) is 29.8 Å². The number of unbranched alkanes of at least 4 members (excludes halogenated alkanes) is 1. The highest BCUT2D eigenvalue weighted by Crippen LogP contribution is 2.23. The van der Waals surface area contributed by atoms with E-state index in [-0.39, 0.29) is 22.6 Å². The van der Waals surface area contributed by atoms with E-state index in [0.717, 1.165) is 5.56 Å². The van der Waals surface area contributed by atoms with E-state index in [2.05, 4.69) is 25.5 Å². The molecule has 6 nitrogen and oxygen atoms in total. The van der Waals surface area contributed by atoms with Gasteiger partial charge in [-0.05, 0) is 36.0 Å². The van der Waals surface area contributed by atoms with Crippen molar-refractivity contribution < 1.29 is 16.8 Å². The standard InChI is InChI=1S/C14H24N2O4S2/c1-14(2,3)12-6-8-13(9-7-12)22(19,20)16-10-4-5-11-21(15,17)18/h6-9,16H,4-5,10-11H2,1-3H3,(H2,15,17,18). The molecule has 22 heavy (non-hydrogen) atoms. The Morgan fingerprint density at radius 3 is 2.00 bits per heavy atom. The number of hydrogen-bond acceptors (Lipinski definition) is 4. The maximum atomic E-state index is 12.1. The van der Waals surface area contributed by atoms with E-state index in [4.69, 9.17) is 5.14 Å². The lowest BCUT2D eigenvalue weighted by atomic mass is 9.87. The van der Waals surface area contributed by atoms with E-state index in [9.17, 15) is 16.8 Å². The van der Waals surface area contributed by atoms with E-state index >= 15 is 0 Å². The topological polar surface area (TPSA) is 106 Å². The highest BCUT2D eigenvalue weighted by molar-refractivity contribution is 7.89. The van der Waals surface area contributed by atoms with Crippen molar-refractivity contribution in [1.29, 1.82) is 0 Å². The van der Waals surface area contributed by atoms with Gasteiger partial charge in [-0.3, -0.25) is 0 Å². The van der Waals surface area contributed by atoms with Crippen LogP contribution < -0.4 is 9.86 Å². The average molecular weight is 348 g/mol. The van der Waals surface area contributed by atoms with Crippen molar-refractivity contribution in [1.82, 2.24) is 4.72 Å². The Morgan fingerprint density at radius 1 is 1.00 bits per heavy atom. The summed E-state index contributed by atoms with van der Waals surface area (Å²) < 4.78 is 48.2. The van der Waals surface area contributed by atoms with Crippen molar-refractivity contribution in [3.63, 3.8) is 0 Å². The van der Waals surface area contributed by atoms with Crippen LogP contribution in [0, 0.1) is 0 Å². The third kappa shape index (κ3) is 6.43. The minimum Gasteiger partial charge on any atom is -0.229 e. The van der Waals surface area contributed by atoms with Crippen LogP contribution in [0.15, 0.2) is 29.2 Å². The molecule has 3 N–H and O–H groups in total. The summed E-state index contributed by atoms with van der Waals surface area (Å²) in [5, 5.41) is 4.88. The van der Waals surface area contributed by atoms with Gasteiger partial charge in [-0.25, -0.2) is 26.7 Å². The molecule has 0 heterocycles. The Hall–Kier alpha value is -0.960. The van der Waals surface area contributed by atoms with Gasteiger partial charge in [-0.2, -0.15) is 0 Å². The van der Waals surface area contributed by atoms with Crippen molar-refractivity contribution in [3.8, 4) is 0 Å². The third-order valence-electron chi connectivity index (χ3n) is 3.18. The first-order valence-corrected chi connectivity index (χ1v) is 10.2. The zero-order chi connectivity index (χ0) is 17.0. The summed E-state index contributed by atoms with van der Waals surface area (Å²) in [4.78, 5) is 0.201. The highest BCUT2D eigenvalue weighted by atomic mass is 32.2. The molecule has 126 valence electrons. The molecule has 0 saturated heterocycles. The lowest BCUT2D eigenvalue weighted by Gasteiger charge is -2.19. The van der Waals surface area contributed by atoms with Gasteiger partial charge in [0.05, 0.1) is 10.6 Å². The van der Waals surface area contributed by atoms with E-state index in [1.165, 1.54) is 0 Å².